The Kier molecular flexibility index (Phi) is 3.97. The summed E-state index contributed by atoms with van der Waals surface area (Å²) in [5, 5.41) is 2.95. The monoisotopic (exact) mass is 255 g/mol. The van der Waals surface area contributed by atoms with Crippen molar-refractivity contribution < 1.29 is 4.39 Å². The lowest BCUT2D eigenvalue weighted by atomic mass is 10.2. The highest BCUT2D eigenvalue weighted by Crippen LogP contribution is 2.20. The summed E-state index contributed by atoms with van der Waals surface area (Å²) in [5.41, 5.74) is 0.434. The summed E-state index contributed by atoms with van der Waals surface area (Å²) in [6.07, 6.45) is 6.04. The number of hydrogen-bond donors (Lipinski definition) is 1. The quantitative estimate of drug-likeness (QED) is 0.817. The van der Waals surface area contributed by atoms with E-state index in [1.807, 2.05) is 6.92 Å². The van der Waals surface area contributed by atoms with Crippen molar-refractivity contribution in [2.45, 2.75) is 19.4 Å². The van der Waals surface area contributed by atoms with Gasteiger partial charge in [-0.1, -0.05) is 28.8 Å². The normalized spacial score (nSPS) is 11.9. The predicted octanol–water partition coefficient (Wildman–Crippen LogP) is 3.41. The number of hydrogen-bond acceptors (Lipinski definition) is 1. The zero-order valence-corrected chi connectivity index (χ0v) is 9.44. The van der Waals surface area contributed by atoms with Crippen molar-refractivity contribution in [3.05, 3.63) is 28.5 Å². The van der Waals surface area contributed by atoms with Gasteiger partial charge in [-0.3, -0.25) is 0 Å². The van der Waals surface area contributed by atoms with Gasteiger partial charge in [0.2, 0.25) is 0 Å². The molecular weight excluding hydrogens is 245 g/mol. The number of nitrogens with one attached hydrogen (secondary N) is 1. The number of halogens is 2. The molecule has 0 saturated carbocycles. The zero-order chi connectivity index (χ0) is 10.6. The molecule has 0 amide bonds. The second kappa shape index (κ2) is 5.02. The van der Waals surface area contributed by atoms with Gasteiger partial charge in [-0.15, -0.1) is 6.42 Å². The Morgan fingerprint density at radius 1 is 1.64 bits per heavy atom. The third-order valence-corrected chi connectivity index (χ3v) is 2.36. The maximum Gasteiger partial charge on any atom is 0.146 e. The Labute approximate surface area is 91.8 Å². The summed E-state index contributed by atoms with van der Waals surface area (Å²) in [5.74, 6) is 2.26. The lowest BCUT2D eigenvalue weighted by Gasteiger charge is -2.12. The van der Waals surface area contributed by atoms with Crippen molar-refractivity contribution in [2.24, 2.45) is 0 Å². The van der Waals surface area contributed by atoms with E-state index in [0.29, 0.717) is 5.69 Å². The van der Waals surface area contributed by atoms with Crippen molar-refractivity contribution in [1.29, 1.82) is 0 Å². The van der Waals surface area contributed by atoms with Crippen LogP contribution < -0.4 is 5.32 Å². The van der Waals surface area contributed by atoms with Crippen LogP contribution in [0.5, 0.6) is 0 Å². The van der Waals surface area contributed by atoms with E-state index >= 15 is 0 Å². The Balaban J connectivity index is 2.86. The van der Waals surface area contributed by atoms with E-state index in [1.54, 1.807) is 12.1 Å². The molecular formula is C11H11BrFN. The SMILES string of the molecule is C#CC(CC)Nc1cc(Br)ccc1F. The smallest absolute Gasteiger partial charge is 0.146 e. The van der Waals surface area contributed by atoms with E-state index in [4.69, 9.17) is 6.42 Å². The number of benzene rings is 1. The van der Waals surface area contributed by atoms with Crippen LogP contribution in [0.15, 0.2) is 22.7 Å². The minimum Gasteiger partial charge on any atom is -0.369 e. The second-order valence-corrected chi connectivity index (χ2v) is 3.81. The molecule has 1 rings (SSSR count). The van der Waals surface area contributed by atoms with Crippen LogP contribution in [0.2, 0.25) is 0 Å². The Morgan fingerprint density at radius 3 is 2.93 bits per heavy atom. The van der Waals surface area contributed by atoms with Gasteiger partial charge < -0.3 is 5.32 Å². The fraction of sp³-hybridized carbons (Fsp3) is 0.273. The molecule has 14 heavy (non-hydrogen) atoms. The van der Waals surface area contributed by atoms with Crippen molar-refractivity contribution in [3.8, 4) is 12.3 Å². The molecule has 0 bridgehead atoms. The van der Waals surface area contributed by atoms with Gasteiger partial charge >= 0.3 is 0 Å². The molecule has 0 fully saturated rings. The number of rotatable bonds is 3. The fourth-order valence-corrected chi connectivity index (χ4v) is 1.42. The lowest BCUT2D eigenvalue weighted by Crippen LogP contribution is -2.16. The van der Waals surface area contributed by atoms with Gasteiger partial charge in [0, 0.05) is 4.47 Å². The van der Waals surface area contributed by atoms with Crippen molar-refractivity contribution in [2.75, 3.05) is 5.32 Å². The van der Waals surface area contributed by atoms with Crippen LogP contribution in [-0.4, -0.2) is 6.04 Å². The zero-order valence-electron chi connectivity index (χ0n) is 7.85. The number of terminal acetylenes is 1. The first-order valence-corrected chi connectivity index (χ1v) is 5.14. The summed E-state index contributed by atoms with van der Waals surface area (Å²) in [6, 6.07) is 4.60. The van der Waals surface area contributed by atoms with E-state index in [2.05, 4.69) is 27.2 Å². The molecule has 0 heterocycles. The summed E-state index contributed by atoms with van der Waals surface area (Å²) < 4.78 is 14.1. The number of anilines is 1. The molecule has 3 heteroatoms. The van der Waals surface area contributed by atoms with Gasteiger partial charge in [-0.2, -0.15) is 0 Å². The first kappa shape index (κ1) is 11.1. The molecule has 0 aliphatic rings. The molecule has 1 atom stereocenters. The highest BCUT2D eigenvalue weighted by Gasteiger charge is 2.06. The first-order chi connectivity index (χ1) is 6.67. The molecule has 74 valence electrons. The van der Waals surface area contributed by atoms with Crippen LogP contribution in [0.3, 0.4) is 0 Å². The van der Waals surface area contributed by atoms with E-state index in [9.17, 15) is 4.39 Å². The van der Waals surface area contributed by atoms with E-state index in [-0.39, 0.29) is 11.9 Å². The molecule has 0 saturated heterocycles. The van der Waals surface area contributed by atoms with E-state index < -0.39 is 0 Å². The van der Waals surface area contributed by atoms with Crippen molar-refractivity contribution in [3.63, 3.8) is 0 Å². The van der Waals surface area contributed by atoms with Crippen LogP contribution in [0.4, 0.5) is 10.1 Å². The van der Waals surface area contributed by atoms with Gasteiger partial charge in [-0.25, -0.2) is 4.39 Å². The summed E-state index contributed by atoms with van der Waals surface area (Å²) in [4.78, 5) is 0. The molecule has 0 spiro atoms. The molecule has 1 N–H and O–H groups in total. The summed E-state index contributed by atoms with van der Waals surface area (Å²) >= 11 is 3.27. The van der Waals surface area contributed by atoms with Gasteiger partial charge in [0.25, 0.3) is 0 Å². The van der Waals surface area contributed by atoms with Gasteiger partial charge in [0.15, 0.2) is 0 Å². The third-order valence-electron chi connectivity index (χ3n) is 1.87. The molecule has 1 nitrogen and oxygen atoms in total. The maximum atomic E-state index is 13.3. The highest BCUT2D eigenvalue weighted by atomic mass is 79.9. The Morgan fingerprint density at radius 2 is 2.36 bits per heavy atom. The summed E-state index contributed by atoms with van der Waals surface area (Å²) in [6.45, 7) is 1.95. The average molecular weight is 256 g/mol. The minimum atomic E-state index is -0.290. The van der Waals surface area contributed by atoms with Crippen LogP contribution in [-0.2, 0) is 0 Å². The second-order valence-electron chi connectivity index (χ2n) is 2.90. The van der Waals surface area contributed by atoms with Crippen LogP contribution in [0.1, 0.15) is 13.3 Å². The lowest BCUT2D eigenvalue weighted by molar-refractivity contribution is 0.627. The molecule has 1 unspecified atom stereocenters. The molecule has 0 aliphatic carbocycles. The maximum absolute atomic E-state index is 13.3. The standard InChI is InChI=1S/C11H11BrFN/c1-3-9(4-2)14-11-7-8(12)5-6-10(11)13/h1,5-7,9,14H,4H2,2H3. The molecule has 0 aromatic heterocycles. The molecule has 0 aliphatic heterocycles. The van der Waals surface area contributed by atoms with Gasteiger partial charge in [-0.05, 0) is 24.6 Å². The van der Waals surface area contributed by atoms with E-state index in [0.717, 1.165) is 10.9 Å². The third kappa shape index (κ3) is 2.74. The molecule has 1 aromatic rings. The molecule has 0 radical (unpaired) electrons. The van der Waals surface area contributed by atoms with Crippen LogP contribution >= 0.6 is 15.9 Å². The van der Waals surface area contributed by atoms with Gasteiger partial charge in [0.1, 0.15) is 5.82 Å². The van der Waals surface area contributed by atoms with Crippen LogP contribution in [0, 0.1) is 18.2 Å². The first-order valence-electron chi connectivity index (χ1n) is 4.35. The summed E-state index contributed by atoms with van der Waals surface area (Å²) in [7, 11) is 0. The fourth-order valence-electron chi connectivity index (χ4n) is 1.06. The topological polar surface area (TPSA) is 12.0 Å². The van der Waals surface area contributed by atoms with Gasteiger partial charge in [0.05, 0.1) is 11.7 Å². The molecule has 1 aromatic carbocycles. The van der Waals surface area contributed by atoms with Crippen molar-refractivity contribution >= 4 is 21.6 Å². The Hall–Kier alpha value is -1.01. The predicted molar refractivity (Wildman–Crippen MR) is 60.6 cm³/mol. The van der Waals surface area contributed by atoms with E-state index in [1.165, 1.54) is 6.07 Å². The van der Waals surface area contributed by atoms with Crippen molar-refractivity contribution in [1.82, 2.24) is 0 Å². The largest absolute Gasteiger partial charge is 0.369 e. The Bertz CT molecular complexity index is 357. The minimum absolute atomic E-state index is 0.126. The van der Waals surface area contributed by atoms with Crippen LogP contribution in [0.25, 0.3) is 0 Å². The highest BCUT2D eigenvalue weighted by molar-refractivity contribution is 9.10. The average Bonchev–Trinajstić information content (AvgIpc) is 2.19.